The maximum absolute atomic E-state index is 14.4. The second-order valence-electron chi connectivity index (χ2n) is 7.74. The minimum absolute atomic E-state index is 0.0597. The van der Waals surface area contributed by atoms with Crippen LogP contribution in [-0.4, -0.2) is 61.4 Å². The zero-order chi connectivity index (χ0) is 22.4. The number of carbonyl (C=O) groups excluding carboxylic acids is 2. The second-order valence-corrected chi connectivity index (χ2v) is 8.65. The highest BCUT2D eigenvalue weighted by molar-refractivity contribution is 9.10. The van der Waals surface area contributed by atoms with Crippen LogP contribution in [0.2, 0.25) is 0 Å². The monoisotopic (exact) mass is 491 g/mol. The Hall–Kier alpha value is -2.45. The molecule has 0 aromatic heterocycles. The number of benzene rings is 2. The van der Waals surface area contributed by atoms with Crippen molar-refractivity contribution in [2.45, 2.75) is 25.3 Å². The van der Waals surface area contributed by atoms with Gasteiger partial charge in [-0.25, -0.2) is 4.39 Å². The summed E-state index contributed by atoms with van der Waals surface area (Å²) in [6.07, 6.45) is 2.60. The topological polar surface area (TPSA) is 61.9 Å². The van der Waals surface area contributed by atoms with E-state index in [1.807, 2.05) is 0 Å². The number of nitrogens with one attached hydrogen (secondary N) is 1. The van der Waals surface area contributed by atoms with Crippen molar-refractivity contribution in [2.24, 2.45) is 0 Å². The van der Waals surface area contributed by atoms with Crippen molar-refractivity contribution in [1.29, 1.82) is 0 Å². The molecule has 2 aromatic rings. The van der Waals surface area contributed by atoms with E-state index in [4.69, 9.17) is 4.74 Å². The first-order valence-corrected chi connectivity index (χ1v) is 11.1. The maximum Gasteiger partial charge on any atom is 0.251 e. The molecule has 1 fully saturated rings. The Morgan fingerprint density at radius 2 is 1.97 bits per heavy atom. The average molecular weight is 492 g/mol. The van der Waals surface area contributed by atoms with Crippen molar-refractivity contribution in [3.63, 3.8) is 0 Å². The van der Waals surface area contributed by atoms with Gasteiger partial charge in [0.05, 0.1) is 6.04 Å². The molecule has 1 heterocycles. The van der Waals surface area contributed by atoms with Gasteiger partial charge in [0, 0.05) is 37.2 Å². The fourth-order valence-electron chi connectivity index (χ4n) is 3.61. The molecule has 1 aliphatic heterocycles. The van der Waals surface area contributed by atoms with E-state index >= 15 is 0 Å². The van der Waals surface area contributed by atoms with Crippen LogP contribution in [0.4, 0.5) is 4.39 Å². The van der Waals surface area contributed by atoms with Gasteiger partial charge in [-0.2, -0.15) is 0 Å². The standard InChI is InChI=1S/C23H27BrFN3O3/c1-27(2)23(30)20-5-3-13-28(20)14-4-12-26-22(29)16-6-11-21(19(25)15-16)31-18-9-7-17(24)8-10-18/h6-11,15,20H,3-5,12-14H2,1-2H3,(H,26,29). The Morgan fingerprint density at radius 3 is 2.65 bits per heavy atom. The van der Waals surface area contributed by atoms with E-state index in [0.717, 1.165) is 36.8 Å². The number of rotatable bonds is 8. The van der Waals surface area contributed by atoms with Crippen molar-refractivity contribution in [2.75, 3.05) is 33.7 Å². The van der Waals surface area contributed by atoms with Gasteiger partial charge in [-0.15, -0.1) is 0 Å². The summed E-state index contributed by atoms with van der Waals surface area (Å²) in [5.41, 5.74) is 0.238. The van der Waals surface area contributed by atoms with Gasteiger partial charge in [-0.05, 0) is 68.3 Å². The molecule has 1 atom stereocenters. The van der Waals surface area contributed by atoms with E-state index in [1.54, 1.807) is 49.3 Å². The molecule has 3 rings (SSSR count). The normalized spacial score (nSPS) is 16.2. The van der Waals surface area contributed by atoms with Gasteiger partial charge in [0.1, 0.15) is 5.75 Å². The van der Waals surface area contributed by atoms with E-state index in [-0.39, 0.29) is 29.2 Å². The number of hydrogen-bond donors (Lipinski definition) is 1. The summed E-state index contributed by atoms with van der Waals surface area (Å²) in [5, 5.41) is 2.82. The summed E-state index contributed by atoms with van der Waals surface area (Å²) >= 11 is 3.34. The zero-order valence-corrected chi connectivity index (χ0v) is 19.3. The number of ether oxygens (including phenoxy) is 1. The zero-order valence-electron chi connectivity index (χ0n) is 17.7. The molecule has 166 valence electrons. The van der Waals surface area contributed by atoms with Crippen LogP contribution >= 0.6 is 15.9 Å². The van der Waals surface area contributed by atoms with Crippen molar-refractivity contribution in [1.82, 2.24) is 15.1 Å². The molecule has 0 saturated carbocycles. The van der Waals surface area contributed by atoms with Gasteiger partial charge >= 0.3 is 0 Å². The maximum atomic E-state index is 14.4. The van der Waals surface area contributed by atoms with Crippen LogP contribution in [0, 0.1) is 5.82 Å². The quantitative estimate of drug-likeness (QED) is 0.565. The smallest absolute Gasteiger partial charge is 0.251 e. The molecule has 2 amide bonds. The molecule has 31 heavy (non-hydrogen) atoms. The average Bonchev–Trinajstić information content (AvgIpc) is 3.21. The molecule has 2 aromatic carbocycles. The van der Waals surface area contributed by atoms with Crippen molar-refractivity contribution in [3.8, 4) is 11.5 Å². The highest BCUT2D eigenvalue weighted by Gasteiger charge is 2.31. The lowest BCUT2D eigenvalue weighted by molar-refractivity contribution is -0.133. The third-order valence-corrected chi connectivity index (χ3v) is 5.76. The van der Waals surface area contributed by atoms with E-state index < -0.39 is 5.82 Å². The predicted molar refractivity (Wildman–Crippen MR) is 121 cm³/mol. The summed E-state index contributed by atoms with van der Waals surface area (Å²) in [6, 6.07) is 11.1. The van der Waals surface area contributed by atoms with Gasteiger partial charge in [0.15, 0.2) is 11.6 Å². The molecule has 1 N–H and O–H groups in total. The van der Waals surface area contributed by atoms with Crippen LogP contribution in [0.15, 0.2) is 46.9 Å². The molecular weight excluding hydrogens is 465 g/mol. The first-order chi connectivity index (χ1) is 14.8. The Labute approximate surface area is 190 Å². The van der Waals surface area contributed by atoms with Crippen LogP contribution in [0.5, 0.6) is 11.5 Å². The van der Waals surface area contributed by atoms with Crippen LogP contribution in [0.1, 0.15) is 29.6 Å². The number of nitrogens with zero attached hydrogens (tertiary/aromatic N) is 2. The first-order valence-electron chi connectivity index (χ1n) is 10.3. The van der Waals surface area contributed by atoms with E-state index in [0.29, 0.717) is 12.3 Å². The SMILES string of the molecule is CN(C)C(=O)C1CCCN1CCCNC(=O)c1ccc(Oc2ccc(Br)cc2)c(F)c1. The molecule has 0 aliphatic carbocycles. The van der Waals surface area contributed by atoms with Crippen molar-refractivity contribution in [3.05, 3.63) is 58.3 Å². The van der Waals surface area contributed by atoms with Gasteiger partial charge in [0.25, 0.3) is 5.91 Å². The lowest BCUT2D eigenvalue weighted by atomic mass is 10.2. The first kappa shape index (κ1) is 23.2. The molecule has 0 spiro atoms. The Kier molecular flexibility index (Phi) is 8.03. The van der Waals surface area contributed by atoms with Gasteiger partial charge in [-0.3, -0.25) is 14.5 Å². The molecule has 8 heteroatoms. The molecule has 0 radical (unpaired) electrons. The fourth-order valence-corrected chi connectivity index (χ4v) is 3.88. The molecule has 1 aliphatic rings. The number of likely N-dealkylation sites (N-methyl/N-ethyl adjacent to an activating group) is 1. The lowest BCUT2D eigenvalue weighted by Gasteiger charge is -2.26. The van der Waals surface area contributed by atoms with Crippen LogP contribution in [0.3, 0.4) is 0 Å². The number of hydrogen-bond acceptors (Lipinski definition) is 4. The van der Waals surface area contributed by atoms with E-state index in [1.165, 1.54) is 12.1 Å². The minimum atomic E-state index is -0.599. The Balaban J connectivity index is 1.48. The van der Waals surface area contributed by atoms with E-state index in [2.05, 4.69) is 26.1 Å². The second kappa shape index (κ2) is 10.7. The summed E-state index contributed by atoms with van der Waals surface area (Å²) in [7, 11) is 3.54. The number of halogens is 2. The molecular formula is C23H27BrFN3O3. The third kappa shape index (κ3) is 6.27. The molecule has 1 unspecified atom stereocenters. The predicted octanol–water partition coefficient (Wildman–Crippen LogP) is 4.05. The summed E-state index contributed by atoms with van der Waals surface area (Å²) in [5.74, 6) is -0.242. The summed E-state index contributed by atoms with van der Waals surface area (Å²) < 4.78 is 20.8. The Bertz CT molecular complexity index is 921. The minimum Gasteiger partial charge on any atom is -0.454 e. The largest absolute Gasteiger partial charge is 0.454 e. The number of amides is 2. The number of likely N-dealkylation sites (tertiary alicyclic amines) is 1. The highest BCUT2D eigenvalue weighted by Crippen LogP contribution is 2.26. The number of carbonyl (C=O) groups is 2. The highest BCUT2D eigenvalue weighted by atomic mass is 79.9. The van der Waals surface area contributed by atoms with Crippen LogP contribution in [-0.2, 0) is 4.79 Å². The van der Waals surface area contributed by atoms with Gasteiger partial charge < -0.3 is 15.0 Å². The van der Waals surface area contributed by atoms with E-state index in [9.17, 15) is 14.0 Å². The lowest BCUT2D eigenvalue weighted by Crippen LogP contribution is -2.43. The van der Waals surface area contributed by atoms with Gasteiger partial charge in [-0.1, -0.05) is 15.9 Å². The molecule has 1 saturated heterocycles. The fraction of sp³-hybridized carbons (Fsp3) is 0.391. The van der Waals surface area contributed by atoms with Crippen molar-refractivity contribution >= 4 is 27.7 Å². The van der Waals surface area contributed by atoms with Crippen LogP contribution < -0.4 is 10.1 Å². The summed E-state index contributed by atoms with van der Waals surface area (Å²) in [4.78, 5) is 28.4. The third-order valence-electron chi connectivity index (χ3n) is 5.23. The van der Waals surface area contributed by atoms with Crippen molar-refractivity contribution < 1.29 is 18.7 Å². The summed E-state index contributed by atoms with van der Waals surface area (Å²) in [6.45, 7) is 2.08. The Morgan fingerprint density at radius 1 is 1.23 bits per heavy atom. The molecule has 6 nitrogen and oxygen atoms in total. The molecule has 0 bridgehead atoms. The van der Waals surface area contributed by atoms with Crippen LogP contribution in [0.25, 0.3) is 0 Å². The van der Waals surface area contributed by atoms with Gasteiger partial charge in [0.2, 0.25) is 5.91 Å².